The van der Waals surface area contributed by atoms with Crippen LogP contribution >= 0.6 is 0 Å². The van der Waals surface area contributed by atoms with Crippen LogP contribution in [0.4, 0.5) is 5.69 Å². The van der Waals surface area contributed by atoms with Crippen molar-refractivity contribution >= 4 is 11.6 Å². The molecule has 1 aromatic carbocycles. The third kappa shape index (κ3) is 3.97. The molecule has 0 spiro atoms. The van der Waals surface area contributed by atoms with Crippen molar-refractivity contribution < 1.29 is 9.53 Å². The largest absolute Gasteiger partial charge is 0.375 e. The molecule has 6 nitrogen and oxygen atoms in total. The van der Waals surface area contributed by atoms with E-state index in [9.17, 15) is 4.79 Å². The number of aryl methyl sites for hydroxylation is 1. The number of carbonyl (C=O) groups is 1. The first-order valence-corrected chi connectivity index (χ1v) is 7.73. The molecule has 0 aliphatic heterocycles. The summed E-state index contributed by atoms with van der Waals surface area (Å²) >= 11 is 0. The average molecular weight is 316 g/mol. The Bertz CT molecular complexity index is 649. The fourth-order valence-corrected chi connectivity index (χ4v) is 2.49. The van der Waals surface area contributed by atoms with Gasteiger partial charge in [-0.2, -0.15) is 5.10 Å². The summed E-state index contributed by atoms with van der Waals surface area (Å²) in [4.78, 5) is 12.3. The lowest BCUT2D eigenvalue weighted by Gasteiger charge is -2.15. The van der Waals surface area contributed by atoms with E-state index in [1.807, 2.05) is 45.2 Å². The number of hydrogen-bond acceptors (Lipinski definition) is 4. The van der Waals surface area contributed by atoms with Crippen LogP contribution in [-0.4, -0.2) is 36.8 Å². The first-order chi connectivity index (χ1) is 11.1. The zero-order chi connectivity index (χ0) is 16.8. The van der Waals surface area contributed by atoms with Gasteiger partial charge in [0.25, 0.3) is 5.91 Å². The molecule has 1 heterocycles. The van der Waals surface area contributed by atoms with Crippen molar-refractivity contribution in [1.29, 1.82) is 0 Å². The Morgan fingerprint density at radius 3 is 2.57 bits per heavy atom. The molecule has 0 aliphatic rings. The van der Waals surface area contributed by atoms with E-state index in [1.165, 1.54) is 0 Å². The molecule has 0 saturated carbocycles. The lowest BCUT2D eigenvalue weighted by molar-refractivity contribution is 0.102. The first-order valence-electron chi connectivity index (χ1n) is 7.73. The quantitative estimate of drug-likeness (QED) is 0.733. The third-order valence-corrected chi connectivity index (χ3v) is 3.89. The van der Waals surface area contributed by atoms with Gasteiger partial charge in [-0.25, -0.2) is 0 Å². The van der Waals surface area contributed by atoms with Crippen molar-refractivity contribution in [3.8, 4) is 0 Å². The maximum Gasteiger partial charge on any atom is 0.276 e. The molecule has 1 unspecified atom stereocenters. The van der Waals surface area contributed by atoms with Crippen LogP contribution in [0, 0.1) is 6.92 Å². The van der Waals surface area contributed by atoms with E-state index in [0.29, 0.717) is 5.69 Å². The Kier molecular flexibility index (Phi) is 5.90. The lowest BCUT2D eigenvalue weighted by Crippen LogP contribution is -2.18. The number of methoxy groups -OCH3 is 1. The van der Waals surface area contributed by atoms with E-state index in [-0.39, 0.29) is 12.0 Å². The zero-order valence-electron chi connectivity index (χ0n) is 14.1. The number of amides is 1. The molecule has 23 heavy (non-hydrogen) atoms. The Labute approximate surface area is 136 Å². The molecule has 0 saturated heterocycles. The van der Waals surface area contributed by atoms with Crippen LogP contribution in [0.25, 0.3) is 0 Å². The number of hydrogen-bond donors (Lipinski definition) is 3. The summed E-state index contributed by atoms with van der Waals surface area (Å²) < 4.78 is 5.43. The first kappa shape index (κ1) is 17.2. The molecular weight excluding hydrogens is 292 g/mol. The van der Waals surface area contributed by atoms with E-state index < -0.39 is 0 Å². The van der Waals surface area contributed by atoms with Crippen LogP contribution in [0.15, 0.2) is 24.3 Å². The van der Waals surface area contributed by atoms with Crippen molar-refractivity contribution in [1.82, 2.24) is 15.5 Å². The van der Waals surface area contributed by atoms with Crippen LogP contribution in [0.2, 0.25) is 0 Å². The van der Waals surface area contributed by atoms with Crippen LogP contribution in [0.1, 0.15) is 40.3 Å². The van der Waals surface area contributed by atoms with E-state index in [2.05, 4.69) is 20.8 Å². The third-order valence-electron chi connectivity index (χ3n) is 3.89. The number of H-pyrrole nitrogens is 1. The number of likely N-dealkylation sites (N-methyl/N-ethyl adjacent to an activating group) is 1. The van der Waals surface area contributed by atoms with E-state index in [0.717, 1.165) is 35.5 Å². The summed E-state index contributed by atoms with van der Waals surface area (Å²) in [5.74, 6) is -0.204. The molecule has 1 amide bonds. The normalized spacial score (nSPS) is 12.2. The number of anilines is 1. The minimum absolute atomic E-state index is 0.00884. The Hall–Kier alpha value is -2.18. The number of nitrogens with zero attached hydrogens (tertiary/aromatic N) is 1. The average Bonchev–Trinajstić information content (AvgIpc) is 2.94. The van der Waals surface area contributed by atoms with E-state index in [4.69, 9.17) is 4.74 Å². The highest BCUT2D eigenvalue weighted by molar-refractivity contribution is 6.03. The molecule has 1 atom stereocenters. The summed E-state index contributed by atoms with van der Waals surface area (Å²) in [6.45, 7) is 4.66. The molecule has 1 aromatic heterocycles. The Morgan fingerprint density at radius 2 is 2.04 bits per heavy atom. The molecule has 2 rings (SSSR count). The van der Waals surface area contributed by atoms with Gasteiger partial charge < -0.3 is 15.4 Å². The zero-order valence-corrected chi connectivity index (χ0v) is 14.1. The van der Waals surface area contributed by atoms with Crippen molar-refractivity contribution in [3.63, 3.8) is 0 Å². The number of ether oxygens (including phenoxy) is 1. The van der Waals surface area contributed by atoms with Gasteiger partial charge in [-0.3, -0.25) is 9.89 Å². The summed E-state index contributed by atoms with van der Waals surface area (Å²) in [7, 11) is 3.57. The molecule has 6 heteroatoms. The summed E-state index contributed by atoms with van der Waals surface area (Å²) in [5.41, 5.74) is 4.12. The number of aromatic nitrogens is 2. The predicted octanol–water partition coefficient (Wildman–Crippen LogP) is 2.44. The number of benzene rings is 1. The van der Waals surface area contributed by atoms with Crippen molar-refractivity contribution in [2.45, 2.75) is 26.4 Å². The fraction of sp³-hybridized carbons (Fsp3) is 0.412. The Balaban J connectivity index is 2.08. The lowest BCUT2D eigenvalue weighted by atomic mass is 10.1. The van der Waals surface area contributed by atoms with Crippen LogP contribution in [0.3, 0.4) is 0 Å². The van der Waals surface area contributed by atoms with Gasteiger partial charge in [-0.1, -0.05) is 19.1 Å². The van der Waals surface area contributed by atoms with Crippen molar-refractivity contribution in [2.75, 3.05) is 26.0 Å². The monoisotopic (exact) mass is 316 g/mol. The molecule has 0 aliphatic carbocycles. The van der Waals surface area contributed by atoms with Crippen LogP contribution in [-0.2, 0) is 11.2 Å². The molecule has 0 radical (unpaired) electrons. The SMILES string of the molecule is CCc1[nH]nc(C(=O)Nc2ccc(C(CNC)OC)cc2)c1C. The van der Waals surface area contributed by atoms with Gasteiger partial charge in [-0.05, 0) is 38.1 Å². The van der Waals surface area contributed by atoms with Gasteiger partial charge >= 0.3 is 0 Å². The molecule has 3 N–H and O–H groups in total. The molecule has 0 fully saturated rings. The topological polar surface area (TPSA) is 79.0 Å². The number of nitrogens with one attached hydrogen (secondary N) is 3. The maximum absolute atomic E-state index is 12.3. The highest BCUT2D eigenvalue weighted by Gasteiger charge is 2.16. The maximum atomic E-state index is 12.3. The smallest absolute Gasteiger partial charge is 0.276 e. The summed E-state index contributed by atoms with van der Waals surface area (Å²) in [5, 5.41) is 13.0. The molecule has 2 aromatic rings. The van der Waals surface area contributed by atoms with Gasteiger partial charge in [0.1, 0.15) is 0 Å². The van der Waals surface area contributed by atoms with Gasteiger partial charge in [0.2, 0.25) is 0 Å². The Morgan fingerprint density at radius 1 is 1.35 bits per heavy atom. The van der Waals surface area contributed by atoms with Crippen LogP contribution in [0.5, 0.6) is 0 Å². The highest BCUT2D eigenvalue weighted by Crippen LogP contribution is 2.19. The summed E-state index contributed by atoms with van der Waals surface area (Å²) in [6, 6.07) is 7.65. The number of aromatic amines is 1. The van der Waals surface area contributed by atoms with Gasteiger partial charge in [0, 0.05) is 30.6 Å². The predicted molar refractivity (Wildman–Crippen MR) is 90.8 cm³/mol. The van der Waals surface area contributed by atoms with Crippen molar-refractivity contribution in [2.24, 2.45) is 0 Å². The summed E-state index contributed by atoms with van der Waals surface area (Å²) in [6.07, 6.45) is 0.815. The fourth-order valence-electron chi connectivity index (χ4n) is 2.49. The standard InChI is InChI=1S/C17H24N4O2/c1-5-14-11(2)16(21-20-14)17(22)19-13-8-6-12(7-9-13)15(23-4)10-18-3/h6-9,15,18H,5,10H2,1-4H3,(H,19,22)(H,20,21). The second-order valence-corrected chi connectivity index (χ2v) is 5.39. The van der Waals surface area contributed by atoms with Gasteiger partial charge in [0.15, 0.2) is 5.69 Å². The van der Waals surface area contributed by atoms with Crippen molar-refractivity contribution in [3.05, 3.63) is 46.8 Å². The highest BCUT2D eigenvalue weighted by atomic mass is 16.5. The second-order valence-electron chi connectivity index (χ2n) is 5.39. The minimum atomic E-state index is -0.204. The second kappa shape index (κ2) is 7.89. The van der Waals surface area contributed by atoms with Gasteiger partial charge in [-0.15, -0.1) is 0 Å². The van der Waals surface area contributed by atoms with E-state index >= 15 is 0 Å². The van der Waals surface area contributed by atoms with Crippen LogP contribution < -0.4 is 10.6 Å². The minimum Gasteiger partial charge on any atom is -0.375 e. The molecular formula is C17H24N4O2. The molecule has 0 bridgehead atoms. The number of carbonyl (C=O) groups excluding carboxylic acids is 1. The van der Waals surface area contributed by atoms with Gasteiger partial charge in [0.05, 0.1) is 6.10 Å². The van der Waals surface area contributed by atoms with E-state index in [1.54, 1.807) is 7.11 Å². The number of rotatable bonds is 7. The molecule has 124 valence electrons.